The third-order valence-corrected chi connectivity index (χ3v) is 3.06. The maximum Gasteiger partial charge on any atom is 0.136 e. The van der Waals surface area contributed by atoms with E-state index < -0.39 is 0 Å². The lowest BCUT2D eigenvalue weighted by atomic mass is 10.1. The Balaban J connectivity index is 2.38. The normalized spacial score (nSPS) is 10.5. The average Bonchev–Trinajstić information content (AvgIpc) is 2.41. The zero-order chi connectivity index (χ0) is 13.7. The fourth-order valence-electron chi connectivity index (χ4n) is 2.06. The molecule has 100 valence electrons. The van der Waals surface area contributed by atoms with Crippen LogP contribution in [-0.4, -0.2) is 23.1 Å². The maximum atomic E-state index is 5.64. The summed E-state index contributed by atoms with van der Waals surface area (Å²) in [5, 5.41) is 0. The van der Waals surface area contributed by atoms with Crippen molar-refractivity contribution in [2.45, 2.75) is 20.3 Å². The van der Waals surface area contributed by atoms with Crippen LogP contribution < -0.4 is 10.6 Å². The predicted octanol–water partition coefficient (Wildman–Crippen LogP) is 2.58. The van der Waals surface area contributed by atoms with Crippen molar-refractivity contribution in [2.75, 3.05) is 18.0 Å². The van der Waals surface area contributed by atoms with Gasteiger partial charge < -0.3 is 10.6 Å². The minimum Gasteiger partial charge on any atom is -0.330 e. The van der Waals surface area contributed by atoms with Crippen LogP contribution in [0.15, 0.2) is 36.7 Å². The van der Waals surface area contributed by atoms with E-state index in [4.69, 9.17) is 5.73 Å². The number of aryl methyl sites for hydroxylation is 2. The van der Waals surface area contributed by atoms with Crippen molar-refractivity contribution in [3.05, 3.63) is 47.9 Å². The van der Waals surface area contributed by atoms with Gasteiger partial charge in [-0.3, -0.25) is 0 Å². The number of hydrogen-bond donors (Lipinski definition) is 1. The smallest absolute Gasteiger partial charge is 0.136 e. The Kier molecular flexibility index (Phi) is 4.47. The van der Waals surface area contributed by atoms with Gasteiger partial charge in [-0.1, -0.05) is 18.2 Å². The number of rotatable bonds is 5. The summed E-state index contributed by atoms with van der Waals surface area (Å²) in [4.78, 5) is 10.7. The van der Waals surface area contributed by atoms with E-state index in [0.29, 0.717) is 6.54 Å². The van der Waals surface area contributed by atoms with Gasteiger partial charge in [0.1, 0.15) is 12.1 Å². The number of nitrogens with zero attached hydrogens (tertiary/aromatic N) is 3. The molecule has 0 atom stereocenters. The molecule has 2 aromatic rings. The van der Waals surface area contributed by atoms with Gasteiger partial charge in [-0.25, -0.2) is 9.97 Å². The number of anilines is 2. The van der Waals surface area contributed by atoms with E-state index in [1.807, 2.05) is 25.1 Å². The Labute approximate surface area is 114 Å². The molecule has 0 aliphatic rings. The van der Waals surface area contributed by atoms with Crippen LogP contribution in [0.5, 0.6) is 0 Å². The summed E-state index contributed by atoms with van der Waals surface area (Å²) in [6.07, 6.45) is 2.54. The van der Waals surface area contributed by atoms with Crippen LogP contribution in [0.4, 0.5) is 11.5 Å². The van der Waals surface area contributed by atoms with Gasteiger partial charge in [-0.05, 0) is 38.4 Å². The van der Waals surface area contributed by atoms with E-state index in [2.05, 4.69) is 33.9 Å². The third-order valence-electron chi connectivity index (χ3n) is 3.06. The van der Waals surface area contributed by atoms with Crippen molar-refractivity contribution in [2.24, 2.45) is 5.73 Å². The van der Waals surface area contributed by atoms with Crippen LogP contribution in [0.1, 0.15) is 17.7 Å². The summed E-state index contributed by atoms with van der Waals surface area (Å²) in [6.45, 7) is 5.62. The molecule has 0 aliphatic carbocycles. The zero-order valence-corrected chi connectivity index (χ0v) is 11.5. The first-order chi connectivity index (χ1) is 9.22. The number of benzene rings is 1. The number of hydrogen-bond acceptors (Lipinski definition) is 4. The largest absolute Gasteiger partial charge is 0.330 e. The molecule has 1 heterocycles. The van der Waals surface area contributed by atoms with Crippen molar-refractivity contribution >= 4 is 11.5 Å². The lowest BCUT2D eigenvalue weighted by Gasteiger charge is -2.25. The van der Waals surface area contributed by atoms with Gasteiger partial charge in [0.25, 0.3) is 0 Å². The predicted molar refractivity (Wildman–Crippen MR) is 78.6 cm³/mol. The maximum absolute atomic E-state index is 5.64. The SMILES string of the molecule is Cc1cc(N(CCCN)c2ccccc2C)ncn1. The van der Waals surface area contributed by atoms with Crippen LogP contribution in [0.2, 0.25) is 0 Å². The van der Waals surface area contributed by atoms with E-state index in [9.17, 15) is 0 Å². The molecule has 4 nitrogen and oxygen atoms in total. The monoisotopic (exact) mass is 256 g/mol. The van der Waals surface area contributed by atoms with Gasteiger partial charge in [0, 0.05) is 24.0 Å². The molecule has 4 heteroatoms. The second kappa shape index (κ2) is 6.29. The summed E-state index contributed by atoms with van der Waals surface area (Å²) < 4.78 is 0. The molecule has 2 N–H and O–H groups in total. The minimum absolute atomic E-state index is 0.673. The molecule has 19 heavy (non-hydrogen) atoms. The molecular formula is C15H20N4. The molecule has 0 unspecified atom stereocenters. The van der Waals surface area contributed by atoms with Crippen molar-refractivity contribution in [3.8, 4) is 0 Å². The Morgan fingerprint density at radius 3 is 2.63 bits per heavy atom. The minimum atomic E-state index is 0.673. The van der Waals surface area contributed by atoms with E-state index in [0.717, 1.165) is 24.5 Å². The van der Waals surface area contributed by atoms with Crippen molar-refractivity contribution in [1.29, 1.82) is 0 Å². The number of para-hydroxylation sites is 1. The highest BCUT2D eigenvalue weighted by Gasteiger charge is 2.12. The van der Waals surface area contributed by atoms with Crippen molar-refractivity contribution in [1.82, 2.24) is 9.97 Å². The van der Waals surface area contributed by atoms with E-state index in [1.165, 1.54) is 11.3 Å². The van der Waals surface area contributed by atoms with Gasteiger partial charge in [0.2, 0.25) is 0 Å². The molecule has 0 saturated carbocycles. The first-order valence-electron chi connectivity index (χ1n) is 6.54. The number of nitrogens with two attached hydrogens (primary N) is 1. The molecular weight excluding hydrogens is 236 g/mol. The highest BCUT2D eigenvalue weighted by Crippen LogP contribution is 2.26. The Morgan fingerprint density at radius 1 is 1.16 bits per heavy atom. The molecule has 0 radical (unpaired) electrons. The van der Waals surface area contributed by atoms with Gasteiger partial charge in [-0.2, -0.15) is 0 Å². The second-order valence-corrected chi connectivity index (χ2v) is 4.60. The molecule has 0 saturated heterocycles. The van der Waals surface area contributed by atoms with E-state index >= 15 is 0 Å². The molecule has 0 spiro atoms. The molecule has 0 fully saturated rings. The van der Waals surface area contributed by atoms with Gasteiger partial charge >= 0.3 is 0 Å². The quantitative estimate of drug-likeness (QED) is 0.893. The van der Waals surface area contributed by atoms with Crippen LogP contribution in [0.3, 0.4) is 0 Å². The Morgan fingerprint density at radius 2 is 1.95 bits per heavy atom. The third kappa shape index (κ3) is 3.29. The van der Waals surface area contributed by atoms with Gasteiger partial charge in [0.05, 0.1) is 0 Å². The highest BCUT2D eigenvalue weighted by molar-refractivity contribution is 5.63. The summed E-state index contributed by atoms with van der Waals surface area (Å²) in [6, 6.07) is 10.3. The van der Waals surface area contributed by atoms with E-state index in [-0.39, 0.29) is 0 Å². The molecule has 0 aliphatic heterocycles. The van der Waals surface area contributed by atoms with Crippen LogP contribution in [0.25, 0.3) is 0 Å². The van der Waals surface area contributed by atoms with Crippen molar-refractivity contribution < 1.29 is 0 Å². The lowest BCUT2D eigenvalue weighted by Crippen LogP contribution is -2.22. The summed E-state index contributed by atoms with van der Waals surface area (Å²) in [7, 11) is 0. The zero-order valence-electron chi connectivity index (χ0n) is 11.5. The summed E-state index contributed by atoms with van der Waals surface area (Å²) in [5.74, 6) is 0.926. The molecule has 0 bridgehead atoms. The number of aromatic nitrogens is 2. The molecule has 1 aromatic heterocycles. The van der Waals surface area contributed by atoms with Crippen LogP contribution >= 0.6 is 0 Å². The Bertz CT molecular complexity index is 539. The first kappa shape index (κ1) is 13.5. The first-order valence-corrected chi connectivity index (χ1v) is 6.54. The van der Waals surface area contributed by atoms with Crippen LogP contribution in [-0.2, 0) is 0 Å². The Hall–Kier alpha value is -1.94. The topological polar surface area (TPSA) is 55.0 Å². The van der Waals surface area contributed by atoms with E-state index in [1.54, 1.807) is 6.33 Å². The molecule has 0 amide bonds. The van der Waals surface area contributed by atoms with Gasteiger partial charge in [0.15, 0.2) is 0 Å². The second-order valence-electron chi connectivity index (χ2n) is 4.60. The average molecular weight is 256 g/mol. The van der Waals surface area contributed by atoms with Crippen molar-refractivity contribution in [3.63, 3.8) is 0 Å². The highest BCUT2D eigenvalue weighted by atomic mass is 15.2. The fourth-order valence-corrected chi connectivity index (χ4v) is 2.06. The lowest BCUT2D eigenvalue weighted by molar-refractivity contribution is 0.805. The summed E-state index contributed by atoms with van der Waals surface area (Å²) >= 11 is 0. The van der Waals surface area contributed by atoms with Crippen LogP contribution in [0, 0.1) is 13.8 Å². The fraction of sp³-hybridized carbons (Fsp3) is 0.333. The molecule has 1 aromatic carbocycles. The van der Waals surface area contributed by atoms with Gasteiger partial charge in [-0.15, -0.1) is 0 Å². The summed E-state index contributed by atoms with van der Waals surface area (Å²) in [5.41, 5.74) is 9.02. The molecule has 2 rings (SSSR count). The standard InChI is InChI=1S/C15H20N4/c1-12-6-3-4-7-14(12)19(9-5-8-16)15-10-13(2)17-11-18-15/h3-4,6-7,10-11H,5,8-9,16H2,1-2H3.